The number of hydrogen-bond donors (Lipinski definition) is 1. The number of carbonyl (C=O) groups excluding carboxylic acids is 1. The summed E-state index contributed by atoms with van der Waals surface area (Å²) in [4.78, 5) is 16.8. The molecule has 0 aliphatic rings. The number of methoxy groups -OCH3 is 1. The Morgan fingerprint density at radius 3 is 2.88 bits per heavy atom. The third-order valence-electron chi connectivity index (χ3n) is 3.78. The van der Waals surface area contributed by atoms with Crippen LogP contribution in [0.2, 0.25) is 0 Å². The number of pyridine rings is 1. The van der Waals surface area contributed by atoms with Crippen LogP contribution in [0.1, 0.15) is 21.5 Å². The highest BCUT2D eigenvalue weighted by Crippen LogP contribution is 2.23. The molecule has 0 aliphatic heterocycles. The Hall–Kier alpha value is -2.66. The highest BCUT2D eigenvalue weighted by Gasteiger charge is 2.11. The van der Waals surface area contributed by atoms with Crippen LogP contribution in [0, 0.1) is 6.92 Å². The molecule has 0 radical (unpaired) electrons. The van der Waals surface area contributed by atoms with Crippen LogP contribution >= 0.6 is 11.3 Å². The molecule has 3 aromatic rings. The number of nitrogens with one attached hydrogen (secondary N) is 1. The van der Waals surface area contributed by atoms with Gasteiger partial charge in [0.15, 0.2) is 0 Å². The van der Waals surface area contributed by atoms with Gasteiger partial charge in [0, 0.05) is 29.2 Å². The lowest BCUT2D eigenvalue weighted by atomic mass is 10.1. The lowest BCUT2D eigenvalue weighted by Gasteiger charge is -2.10. The molecule has 5 heteroatoms. The molecule has 0 bridgehead atoms. The van der Waals surface area contributed by atoms with Crippen LogP contribution in [0.5, 0.6) is 5.75 Å². The van der Waals surface area contributed by atoms with E-state index in [0.29, 0.717) is 12.1 Å². The van der Waals surface area contributed by atoms with Crippen molar-refractivity contribution in [1.29, 1.82) is 0 Å². The number of rotatable bonds is 5. The van der Waals surface area contributed by atoms with Gasteiger partial charge in [-0.05, 0) is 53.8 Å². The quantitative estimate of drug-likeness (QED) is 0.763. The van der Waals surface area contributed by atoms with Gasteiger partial charge >= 0.3 is 0 Å². The Bertz CT molecular complexity index is 844. The first-order valence-corrected chi connectivity index (χ1v) is 8.52. The van der Waals surface area contributed by atoms with Crippen LogP contribution < -0.4 is 10.1 Å². The average Bonchev–Trinajstić information content (AvgIpc) is 3.14. The molecule has 0 spiro atoms. The molecule has 122 valence electrons. The fourth-order valence-corrected chi connectivity index (χ4v) is 3.18. The number of amides is 1. The van der Waals surface area contributed by atoms with Gasteiger partial charge in [-0.3, -0.25) is 9.78 Å². The standard InChI is InChI=1S/C19H18N2O2S/c1-13-10-14(5-6-17(13)23-2)19(22)21-11-15-4-3-8-20-18(15)16-7-9-24-12-16/h3-10,12H,11H2,1-2H3,(H,21,22). The van der Waals surface area contributed by atoms with Crippen LogP contribution in [-0.2, 0) is 6.54 Å². The first-order chi connectivity index (χ1) is 11.7. The number of ether oxygens (including phenoxy) is 1. The fourth-order valence-electron chi connectivity index (χ4n) is 2.54. The van der Waals surface area contributed by atoms with Crippen LogP contribution in [-0.4, -0.2) is 18.0 Å². The molecule has 0 saturated heterocycles. The van der Waals surface area contributed by atoms with E-state index < -0.39 is 0 Å². The Balaban J connectivity index is 1.74. The zero-order valence-corrected chi connectivity index (χ0v) is 14.4. The normalized spacial score (nSPS) is 10.4. The molecule has 0 unspecified atom stereocenters. The zero-order chi connectivity index (χ0) is 16.9. The van der Waals surface area contributed by atoms with E-state index in [1.165, 1.54) is 0 Å². The van der Waals surface area contributed by atoms with E-state index in [9.17, 15) is 4.79 Å². The van der Waals surface area contributed by atoms with Crippen molar-refractivity contribution >= 4 is 17.2 Å². The largest absolute Gasteiger partial charge is 0.496 e. The number of aromatic nitrogens is 1. The maximum Gasteiger partial charge on any atom is 0.251 e. The van der Waals surface area contributed by atoms with E-state index in [1.807, 2.05) is 42.6 Å². The third-order valence-corrected chi connectivity index (χ3v) is 4.47. The fraction of sp³-hybridized carbons (Fsp3) is 0.158. The number of carbonyl (C=O) groups is 1. The van der Waals surface area contributed by atoms with Gasteiger partial charge in [-0.25, -0.2) is 0 Å². The molecule has 0 atom stereocenters. The van der Waals surface area contributed by atoms with Gasteiger partial charge in [0.25, 0.3) is 5.91 Å². The molecule has 1 amide bonds. The molecule has 2 heterocycles. The molecule has 1 aromatic carbocycles. The van der Waals surface area contributed by atoms with Crippen molar-refractivity contribution < 1.29 is 9.53 Å². The maximum atomic E-state index is 12.4. The summed E-state index contributed by atoms with van der Waals surface area (Å²) >= 11 is 1.63. The minimum absolute atomic E-state index is 0.110. The first-order valence-electron chi connectivity index (χ1n) is 7.58. The molecule has 1 N–H and O–H groups in total. The van der Waals surface area contributed by atoms with Crippen molar-refractivity contribution in [3.05, 3.63) is 70.0 Å². The summed E-state index contributed by atoms with van der Waals surface area (Å²) in [5.41, 5.74) is 4.53. The summed E-state index contributed by atoms with van der Waals surface area (Å²) in [5, 5.41) is 7.04. The molecule has 0 fully saturated rings. The van der Waals surface area contributed by atoms with Crippen molar-refractivity contribution in [2.75, 3.05) is 7.11 Å². The van der Waals surface area contributed by atoms with E-state index in [4.69, 9.17) is 4.74 Å². The maximum absolute atomic E-state index is 12.4. The molecular formula is C19H18N2O2S. The van der Waals surface area contributed by atoms with E-state index in [2.05, 4.69) is 15.7 Å². The predicted octanol–water partition coefficient (Wildman–Crippen LogP) is 4.06. The summed E-state index contributed by atoms with van der Waals surface area (Å²) in [6, 6.07) is 11.3. The number of aryl methyl sites for hydroxylation is 1. The average molecular weight is 338 g/mol. The zero-order valence-electron chi connectivity index (χ0n) is 13.6. The second-order valence-electron chi connectivity index (χ2n) is 5.39. The molecule has 24 heavy (non-hydrogen) atoms. The summed E-state index contributed by atoms with van der Waals surface area (Å²) in [6.07, 6.45) is 1.77. The van der Waals surface area contributed by atoms with Gasteiger partial charge in [0.05, 0.1) is 12.8 Å². The van der Waals surface area contributed by atoms with Crippen LogP contribution in [0.4, 0.5) is 0 Å². The summed E-state index contributed by atoms with van der Waals surface area (Å²) in [7, 11) is 1.62. The smallest absolute Gasteiger partial charge is 0.251 e. The van der Waals surface area contributed by atoms with Gasteiger partial charge in [0.1, 0.15) is 5.75 Å². The summed E-state index contributed by atoms with van der Waals surface area (Å²) < 4.78 is 5.23. The molecule has 0 saturated carbocycles. The van der Waals surface area contributed by atoms with Gasteiger partial charge < -0.3 is 10.1 Å². The molecule has 2 aromatic heterocycles. The van der Waals surface area contributed by atoms with E-state index in [0.717, 1.165) is 28.1 Å². The van der Waals surface area contributed by atoms with E-state index in [1.54, 1.807) is 30.7 Å². The third kappa shape index (κ3) is 3.46. The second-order valence-corrected chi connectivity index (χ2v) is 6.17. The number of hydrogen-bond acceptors (Lipinski definition) is 4. The monoisotopic (exact) mass is 338 g/mol. The SMILES string of the molecule is COc1ccc(C(=O)NCc2cccnc2-c2ccsc2)cc1C. The van der Waals surface area contributed by atoms with Gasteiger partial charge in [0.2, 0.25) is 0 Å². The number of thiophene rings is 1. The van der Waals surface area contributed by atoms with E-state index >= 15 is 0 Å². The Kier molecular flexibility index (Phi) is 4.91. The van der Waals surface area contributed by atoms with Crippen molar-refractivity contribution in [2.45, 2.75) is 13.5 Å². The van der Waals surface area contributed by atoms with Gasteiger partial charge in [-0.1, -0.05) is 6.07 Å². The minimum atomic E-state index is -0.110. The first kappa shape index (κ1) is 16.2. The summed E-state index contributed by atoms with van der Waals surface area (Å²) in [5.74, 6) is 0.666. The number of nitrogens with zero attached hydrogens (tertiary/aromatic N) is 1. The topological polar surface area (TPSA) is 51.2 Å². The summed E-state index contributed by atoms with van der Waals surface area (Å²) in [6.45, 7) is 2.36. The van der Waals surface area contributed by atoms with Crippen LogP contribution in [0.15, 0.2) is 53.4 Å². The van der Waals surface area contributed by atoms with Crippen molar-refractivity contribution in [2.24, 2.45) is 0 Å². The van der Waals surface area contributed by atoms with Crippen LogP contribution in [0.3, 0.4) is 0 Å². The Morgan fingerprint density at radius 2 is 2.17 bits per heavy atom. The molecule has 4 nitrogen and oxygen atoms in total. The van der Waals surface area contributed by atoms with Crippen molar-refractivity contribution in [1.82, 2.24) is 10.3 Å². The Labute approximate surface area is 145 Å². The Morgan fingerprint density at radius 1 is 1.29 bits per heavy atom. The molecule has 3 rings (SSSR count). The highest BCUT2D eigenvalue weighted by atomic mass is 32.1. The predicted molar refractivity (Wildman–Crippen MR) is 96.5 cm³/mol. The molecular weight excluding hydrogens is 320 g/mol. The van der Waals surface area contributed by atoms with E-state index in [-0.39, 0.29) is 5.91 Å². The van der Waals surface area contributed by atoms with Crippen LogP contribution in [0.25, 0.3) is 11.3 Å². The minimum Gasteiger partial charge on any atom is -0.496 e. The molecule has 0 aliphatic carbocycles. The van der Waals surface area contributed by atoms with Crippen molar-refractivity contribution in [3.8, 4) is 17.0 Å². The number of benzene rings is 1. The second kappa shape index (κ2) is 7.27. The van der Waals surface area contributed by atoms with Gasteiger partial charge in [-0.15, -0.1) is 0 Å². The van der Waals surface area contributed by atoms with Crippen molar-refractivity contribution in [3.63, 3.8) is 0 Å². The highest BCUT2D eigenvalue weighted by molar-refractivity contribution is 7.08. The lowest BCUT2D eigenvalue weighted by Crippen LogP contribution is -2.23. The van der Waals surface area contributed by atoms with Gasteiger partial charge in [-0.2, -0.15) is 11.3 Å². The lowest BCUT2D eigenvalue weighted by molar-refractivity contribution is 0.0951.